The van der Waals surface area contributed by atoms with Crippen LogP contribution in [-0.4, -0.2) is 88.7 Å². The summed E-state index contributed by atoms with van der Waals surface area (Å²) >= 11 is 0. The van der Waals surface area contributed by atoms with E-state index in [0.717, 1.165) is 69.1 Å². The van der Waals surface area contributed by atoms with Crippen molar-refractivity contribution in [3.8, 4) is 12.1 Å². The van der Waals surface area contributed by atoms with Crippen LogP contribution in [0.25, 0.3) is 10.9 Å². The summed E-state index contributed by atoms with van der Waals surface area (Å²) in [4.78, 5) is 17.7. The number of aryl methyl sites for hydroxylation is 1. The van der Waals surface area contributed by atoms with Gasteiger partial charge >= 0.3 is 6.01 Å². The number of hydrogen-bond acceptors (Lipinski definition) is 10. The molecular formula is C35H47N9O2. The van der Waals surface area contributed by atoms with Gasteiger partial charge in [0.2, 0.25) is 0 Å². The molecular weight excluding hydrogens is 578 g/mol. The molecule has 3 saturated heterocycles. The van der Waals surface area contributed by atoms with E-state index in [9.17, 15) is 5.26 Å². The third kappa shape index (κ3) is 5.48. The van der Waals surface area contributed by atoms with E-state index in [2.05, 4.69) is 50.7 Å². The second-order valence-electron chi connectivity index (χ2n) is 14.1. The SMILES string of the molecule is Cc1cc2c(cnn2C2CCCCO2)c(N2CCc3c(nc(OCC4(N5CCCC5)CC4)nc3N3CCN[C@@H](CC#N)C3)C2)c1C. The zero-order valence-electron chi connectivity index (χ0n) is 27.4. The first kappa shape index (κ1) is 29.9. The number of anilines is 2. The first-order chi connectivity index (χ1) is 22.5. The summed E-state index contributed by atoms with van der Waals surface area (Å²) in [6, 6.07) is 5.25. The van der Waals surface area contributed by atoms with Crippen LogP contribution in [0, 0.1) is 25.2 Å². The molecule has 3 aromatic rings. The quantitative estimate of drug-likeness (QED) is 0.387. The zero-order chi connectivity index (χ0) is 31.3. The van der Waals surface area contributed by atoms with Gasteiger partial charge in [-0.25, -0.2) is 4.68 Å². The van der Waals surface area contributed by atoms with E-state index >= 15 is 0 Å². The minimum Gasteiger partial charge on any atom is -0.461 e. The van der Waals surface area contributed by atoms with Crippen molar-refractivity contribution in [1.29, 1.82) is 5.26 Å². The van der Waals surface area contributed by atoms with E-state index in [4.69, 9.17) is 24.5 Å². The summed E-state index contributed by atoms with van der Waals surface area (Å²) in [5.41, 5.74) is 7.35. The third-order valence-corrected chi connectivity index (χ3v) is 11.1. The van der Waals surface area contributed by atoms with E-state index in [1.165, 1.54) is 73.0 Å². The molecule has 5 aliphatic rings. The third-order valence-electron chi connectivity index (χ3n) is 11.1. The molecule has 0 amide bonds. The fourth-order valence-electron chi connectivity index (χ4n) is 8.21. The van der Waals surface area contributed by atoms with Gasteiger partial charge in [0.1, 0.15) is 12.4 Å². The molecule has 2 atom stereocenters. The van der Waals surface area contributed by atoms with Gasteiger partial charge in [0, 0.05) is 49.8 Å². The lowest BCUT2D eigenvalue weighted by Crippen LogP contribution is -2.51. The molecule has 11 nitrogen and oxygen atoms in total. The van der Waals surface area contributed by atoms with Gasteiger partial charge < -0.3 is 24.6 Å². The Bertz CT molecular complexity index is 1630. The van der Waals surface area contributed by atoms with Crippen molar-refractivity contribution in [1.82, 2.24) is 30.0 Å². The number of fused-ring (bicyclic) bond motifs is 2. The zero-order valence-corrected chi connectivity index (χ0v) is 27.4. The van der Waals surface area contributed by atoms with Crippen LogP contribution in [-0.2, 0) is 17.7 Å². The Labute approximate surface area is 271 Å². The minimum absolute atomic E-state index is 0.00231. The molecule has 46 heavy (non-hydrogen) atoms. The summed E-state index contributed by atoms with van der Waals surface area (Å²) in [6.45, 7) is 12.2. The van der Waals surface area contributed by atoms with Crippen LogP contribution in [0.4, 0.5) is 11.5 Å². The molecule has 1 unspecified atom stereocenters. The molecule has 0 spiro atoms. The van der Waals surface area contributed by atoms with Crippen LogP contribution < -0.4 is 19.9 Å². The van der Waals surface area contributed by atoms with Crippen molar-refractivity contribution < 1.29 is 9.47 Å². The number of nitriles is 1. The molecule has 1 aliphatic carbocycles. The highest BCUT2D eigenvalue weighted by Crippen LogP contribution is 2.44. The van der Waals surface area contributed by atoms with Crippen LogP contribution in [0.2, 0.25) is 0 Å². The average molecular weight is 626 g/mol. The van der Waals surface area contributed by atoms with Gasteiger partial charge in [0.15, 0.2) is 6.23 Å². The van der Waals surface area contributed by atoms with Crippen molar-refractivity contribution >= 4 is 22.4 Å². The van der Waals surface area contributed by atoms with Crippen LogP contribution in [0.5, 0.6) is 6.01 Å². The van der Waals surface area contributed by atoms with Crippen molar-refractivity contribution in [3.05, 3.63) is 34.6 Å². The number of hydrogen-bond donors (Lipinski definition) is 1. The number of rotatable bonds is 8. The summed E-state index contributed by atoms with van der Waals surface area (Å²) < 4.78 is 14.8. The molecule has 4 aliphatic heterocycles. The van der Waals surface area contributed by atoms with Crippen LogP contribution in [0.3, 0.4) is 0 Å². The number of aromatic nitrogens is 4. The molecule has 1 N–H and O–H groups in total. The monoisotopic (exact) mass is 625 g/mol. The van der Waals surface area contributed by atoms with E-state index in [0.29, 0.717) is 25.6 Å². The number of nitrogens with one attached hydrogen (secondary N) is 1. The predicted octanol–water partition coefficient (Wildman–Crippen LogP) is 4.40. The predicted molar refractivity (Wildman–Crippen MR) is 177 cm³/mol. The molecule has 11 heteroatoms. The molecule has 0 bridgehead atoms. The van der Waals surface area contributed by atoms with Gasteiger partial charge in [-0.2, -0.15) is 20.3 Å². The Hall–Kier alpha value is -3.46. The molecule has 8 rings (SSSR count). The molecule has 2 aromatic heterocycles. The maximum atomic E-state index is 9.41. The smallest absolute Gasteiger partial charge is 0.318 e. The summed E-state index contributed by atoms with van der Waals surface area (Å²) in [5, 5.41) is 19.0. The van der Waals surface area contributed by atoms with E-state index in [1.807, 2.05) is 6.20 Å². The van der Waals surface area contributed by atoms with Gasteiger partial charge in [-0.3, -0.25) is 4.90 Å². The maximum absolute atomic E-state index is 9.41. The standard InChI is InChI=1S/C35H47N9O2/c1-24-19-30-28(20-38-44(30)31-7-3-6-18-45-31)32(25(24)2)41-16-9-27-29(22-41)39-34(46-23-35(10-11-35)43-14-4-5-15-43)40-33(27)42-17-13-37-26(21-42)8-12-36/h19-20,26,31,37H,3-11,13-18,21-23H2,1-2H3/t26-,31?/m0/s1. The lowest BCUT2D eigenvalue weighted by molar-refractivity contribution is -0.0366. The Balaban J connectivity index is 1.13. The lowest BCUT2D eigenvalue weighted by atomic mass is 9.99. The Morgan fingerprint density at radius 2 is 1.96 bits per heavy atom. The lowest BCUT2D eigenvalue weighted by Gasteiger charge is -2.38. The molecule has 6 heterocycles. The minimum atomic E-state index is -0.00231. The largest absolute Gasteiger partial charge is 0.461 e. The first-order valence-corrected chi connectivity index (χ1v) is 17.5. The van der Waals surface area contributed by atoms with Gasteiger partial charge in [-0.05, 0) is 95.5 Å². The van der Waals surface area contributed by atoms with Crippen molar-refractivity contribution in [2.75, 3.05) is 62.3 Å². The Kier molecular flexibility index (Phi) is 7.99. The van der Waals surface area contributed by atoms with Crippen molar-refractivity contribution in [2.24, 2.45) is 0 Å². The van der Waals surface area contributed by atoms with Crippen LogP contribution >= 0.6 is 0 Å². The summed E-state index contributed by atoms with van der Waals surface area (Å²) in [5.74, 6) is 0.989. The summed E-state index contributed by atoms with van der Waals surface area (Å²) in [7, 11) is 0. The molecule has 4 fully saturated rings. The number of likely N-dealkylation sites (tertiary alicyclic amines) is 1. The van der Waals surface area contributed by atoms with Gasteiger partial charge in [-0.15, -0.1) is 0 Å². The normalized spacial score (nSPS) is 24.6. The van der Waals surface area contributed by atoms with E-state index < -0.39 is 0 Å². The fraction of sp³-hybridized carbons (Fsp3) is 0.657. The number of ether oxygens (including phenoxy) is 2. The van der Waals surface area contributed by atoms with Gasteiger partial charge in [-0.1, -0.05) is 0 Å². The second kappa shape index (κ2) is 12.3. The Morgan fingerprint density at radius 1 is 1.09 bits per heavy atom. The summed E-state index contributed by atoms with van der Waals surface area (Å²) in [6.07, 6.45) is 11.6. The van der Waals surface area contributed by atoms with Crippen molar-refractivity contribution in [3.63, 3.8) is 0 Å². The molecule has 1 aromatic carbocycles. The van der Waals surface area contributed by atoms with E-state index in [1.54, 1.807) is 0 Å². The molecule has 244 valence electrons. The first-order valence-electron chi connectivity index (χ1n) is 17.5. The molecule has 0 radical (unpaired) electrons. The van der Waals surface area contributed by atoms with Gasteiger partial charge in [0.25, 0.3) is 0 Å². The average Bonchev–Trinajstić information content (AvgIpc) is 3.44. The van der Waals surface area contributed by atoms with Gasteiger partial charge in [0.05, 0.1) is 47.7 Å². The van der Waals surface area contributed by atoms with Crippen molar-refractivity contribution in [2.45, 2.75) is 96.0 Å². The van der Waals surface area contributed by atoms with E-state index in [-0.39, 0.29) is 17.8 Å². The highest BCUT2D eigenvalue weighted by atomic mass is 16.5. The number of piperazine rings is 1. The van der Waals surface area contributed by atoms with Crippen LogP contribution in [0.15, 0.2) is 12.3 Å². The second-order valence-corrected chi connectivity index (χ2v) is 14.1. The maximum Gasteiger partial charge on any atom is 0.318 e. The molecule has 1 saturated carbocycles. The van der Waals surface area contributed by atoms with Crippen LogP contribution in [0.1, 0.15) is 80.0 Å². The fourth-order valence-corrected chi connectivity index (χ4v) is 8.21. The topological polar surface area (TPSA) is 108 Å². The number of nitrogens with zero attached hydrogens (tertiary/aromatic N) is 8. The highest BCUT2D eigenvalue weighted by molar-refractivity contribution is 5.95. The highest BCUT2D eigenvalue weighted by Gasteiger charge is 2.49. The Morgan fingerprint density at radius 3 is 2.74 bits per heavy atom. The number of benzene rings is 1.